The van der Waals surface area contributed by atoms with Gasteiger partial charge >= 0.3 is 0 Å². The number of sulfone groups is 1. The second-order valence-corrected chi connectivity index (χ2v) is 10.3. The molecule has 0 saturated carbocycles. The van der Waals surface area contributed by atoms with Crippen LogP contribution < -0.4 is 15.9 Å². The maximum Gasteiger partial charge on any atom is 0.175 e. The smallest absolute Gasteiger partial charge is 0.175 e. The van der Waals surface area contributed by atoms with Gasteiger partial charge < -0.3 is 4.57 Å². The molecule has 0 aromatic heterocycles. The van der Waals surface area contributed by atoms with Gasteiger partial charge in [-0.25, -0.2) is 8.42 Å². The van der Waals surface area contributed by atoms with Crippen molar-refractivity contribution in [2.75, 3.05) is 6.26 Å². The Balaban J connectivity index is 2.30. The van der Waals surface area contributed by atoms with Crippen molar-refractivity contribution in [2.45, 2.75) is 4.90 Å². The predicted octanol–water partition coefficient (Wildman–Crippen LogP) is 2.73. The van der Waals surface area contributed by atoms with Crippen LogP contribution in [0.4, 0.5) is 0 Å². The lowest BCUT2D eigenvalue weighted by Crippen LogP contribution is -2.25. The van der Waals surface area contributed by atoms with Gasteiger partial charge in [-0.1, -0.05) is 72.8 Å². The van der Waals surface area contributed by atoms with Crippen molar-refractivity contribution in [3.05, 3.63) is 84.9 Å². The minimum Gasteiger partial charge on any atom is -0.309 e. The van der Waals surface area contributed by atoms with Gasteiger partial charge in [0.25, 0.3) is 0 Å². The van der Waals surface area contributed by atoms with E-state index in [-0.39, 0.29) is 4.90 Å². The Bertz CT molecular complexity index is 954. The highest BCUT2D eigenvalue weighted by Gasteiger charge is 2.30. The molecule has 0 radical (unpaired) electrons. The van der Waals surface area contributed by atoms with Crippen LogP contribution in [0.1, 0.15) is 0 Å². The largest absolute Gasteiger partial charge is 0.309 e. The summed E-state index contributed by atoms with van der Waals surface area (Å²) in [6, 6.07) is 24.8. The molecular formula is C19H17O3PS. The van der Waals surface area contributed by atoms with E-state index in [2.05, 4.69) is 0 Å². The second-order valence-electron chi connectivity index (χ2n) is 5.55. The first-order chi connectivity index (χ1) is 11.4. The van der Waals surface area contributed by atoms with Crippen molar-refractivity contribution < 1.29 is 13.0 Å². The normalized spacial score (nSPS) is 12.0. The van der Waals surface area contributed by atoms with Crippen molar-refractivity contribution in [1.29, 1.82) is 0 Å². The fourth-order valence-electron chi connectivity index (χ4n) is 2.63. The monoisotopic (exact) mass is 356 g/mol. The van der Waals surface area contributed by atoms with E-state index >= 15 is 0 Å². The van der Waals surface area contributed by atoms with Gasteiger partial charge in [0.15, 0.2) is 17.0 Å². The van der Waals surface area contributed by atoms with Crippen LogP contribution in [0.3, 0.4) is 0 Å². The zero-order valence-corrected chi connectivity index (χ0v) is 14.9. The molecule has 0 fully saturated rings. The maximum absolute atomic E-state index is 14.1. The lowest BCUT2D eigenvalue weighted by molar-refractivity contribution is 0.592. The predicted molar refractivity (Wildman–Crippen MR) is 98.9 cm³/mol. The van der Waals surface area contributed by atoms with Crippen LogP contribution in [0.5, 0.6) is 0 Å². The maximum atomic E-state index is 14.1. The molecular weight excluding hydrogens is 339 g/mol. The van der Waals surface area contributed by atoms with Crippen LogP contribution in [-0.2, 0) is 14.4 Å². The molecule has 0 atom stereocenters. The molecule has 0 aliphatic heterocycles. The van der Waals surface area contributed by atoms with Crippen LogP contribution in [0.2, 0.25) is 0 Å². The lowest BCUT2D eigenvalue weighted by atomic mass is 10.3. The van der Waals surface area contributed by atoms with Gasteiger partial charge in [-0.05, 0) is 12.1 Å². The third kappa shape index (κ3) is 3.08. The van der Waals surface area contributed by atoms with E-state index in [4.69, 9.17) is 0 Å². The lowest BCUT2D eigenvalue weighted by Gasteiger charge is -2.20. The zero-order valence-electron chi connectivity index (χ0n) is 13.2. The molecule has 0 amide bonds. The Morgan fingerprint density at radius 1 is 0.667 bits per heavy atom. The summed E-state index contributed by atoms with van der Waals surface area (Å²) in [6.07, 6.45) is 1.15. The Hall–Kier alpha value is -2.16. The third-order valence-electron chi connectivity index (χ3n) is 3.85. The first kappa shape index (κ1) is 16.7. The molecule has 0 N–H and O–H groups in total. The first-order valence-corrected chi connectivity index (χ1v) is 11.0. The quantitative estimate of drug-likeness (QED) is 0.676. The molecule has 0 saturated heterocycles. The van der Waals surface area contributed by atoms with E-state index in [0.29, 0.717) is 15.9 Å². The topological polar surface area (TPSA) is 51.2 Å². The van der Waals surface area contributed by atoms with Gasteiger partial charge in [0.05, 0.1) is 4.90 Å². The Kier molecular flexibility index (Phi) is 4.44. The number of rotatable bonds is 4. The van der Waals surface area contributed by atoms with Gasteiger partial charge in [-0.2, -0.15) is 0 Å². The van der Waals surface area contributed by atoms with Crippen molar-refractivity contribution in [3.8, 4) is 0 Å². The van der Waals surface area contributed by atoms with E-state index < -0.39 is 17.0 Å². The molecule has 5 heteroatoms. The fraction of sp³-hybridized carbons (Fsp3) is 0.0526. The van der Waals surface area contributed by atoms with Crippen LogP contribution in [0.25, 0.3) is 0 Å². The molecule has 0 aliphatic rings. The van der Waals surface area contributed by atoms with Gasteiger partial charge in [0.2, 0.25) is 0 Å². The zero-order chi connectivity index (χ0) is 17.2. The minimum atomic E-state index is -3.37. The standard InChI is InChI=1S/C19H17O3PS/c1-24(21,22)19-14-8-13-18(15-19)23(20,16-9-4-2-5-10-16)17-11-6-3-7-12-17/h2-15H,1H3. The molecule has 24 heavy (non-hydrogen) atoms. The van der Waals surface area contributed by atoms with Crippen molar-refractivity contribution in [2.24, 2.45) is 0 Å². The van der Waals surface area contributed by atoms with E-state index in [1.165, 1.54) is 12.1 Å². The van der Waals surface area contributed by atoms with Crippen LogP contribution in [-0.4, -0.2) is 14.7 Å². The Morgan fingerprint density at radius 2 is 1.12 bits per heavy atom. The minimum absolute atomic E-state index is 0.173. The Labute approximate surface area is 142 Å². The van der Waals surface area contributed by atoms with Gasteiger partial charge in [0, 0.05) is 22.2 Å². The van der Waals surface area contributed by atoms with Crippen molar-refractivity contribution >= 4 is 32.9 Å². The van der Waals surface area contributed by atoms with Crippen LogP contribution in [0.15, 0.2) is 89.8 Å². The van der Waals surface area contributed by atoms with Crippen molar-refractivity contribution in [1.82, 2.24) is 0 Å². The summed E-state index contributed by atoms with van der Waals surface area (Å²) in [5.41, 5.74) is 0. The molecule has 0 spiro atoms. The number of benzene rings is 3. The second kappa shape index (κ2) is 6.39. The first-order valence-electron chi connectivity index (χ1n) is 7.44. The van der Waals surface area contributed by atoms with E-state index in [1.54, 1.807) is 12.1 Å². The van der Waals surface area contributed by atoms with Crippen molar-refractivity contribution in [3.63, 3.8) is 0 Å². The fourth-order valence-corrected chi connectivity index (χ4v) is 6.08. The molecule has 0 unspecified atom stereocenters. The average molecular weight is 356 g/mol. The molecule has 0 bridgehead atoms. The highest BCUT2D eigenvalue weighted by atomic mass is 32.2. The van der Waals surface area contributed by atoms with E-state index in [0.717, 1.165) is 6.26 Å². The molecule has 0 heterocycles. The molecule has 3 nitrogen and oxygen atoms in total. The highest BCUT2D eigenvalue weighted by Crippen LogP contribution is 2.42. The number of hydrogen-bond donors (Lipinski definition) is 0. The molecule has 3 rings (SSSR count). The van der Waals surface area contributed by atoms with Crippen LogP contribution >= 0.6 is 7.14 Å². The summed E-state index contributed by atoms with van der Waals surface area (Å²) < 4.78 is 37.9. The van der Waals surface area contributed by atoms with Crippen LogP contribution in [0, 0.1) is 0 Å². The van der Waals surface area contributed by atoms with E-state index in [9.17, 15) is 13.0 Å². The summed E-state index contributed by atoms with van der Waals surface area (Å²) in [6.45, 7) is 0. The summed E-state index contributed by atoms with van der Waals surface area (Å²) in [5, 5.41) is 1.88. The number of hydrogen-bond acceptors (Lipinski definition) is 3. The molecule has 0 aliphatic carbocycles. The van der Waals surface area contributed by atoms with Gasteiger partial charge in [-0.3, -0.25) is 0 Å². The van der Waals surface area contributed by atoms with E-state index in [1.807, 2.05) is 60.7 Å². The SMILES string of the molecule is CS(=O)(=O)c1cccc(P(=O)(c2ccccc2)c2ccccc2)c1. The third-order valence-corrected chi connectivity index (χ3v) is 8.02. The molecule has 3 aromatic rings. The summed E-state index contributed by atoms with van der Waals surface area (Å²) >= 11 is 0. The Morgan fingerprint density at radius 3 is 1.58 bits per heavy atom. The summed E-state index contributed by atoms with van der Waals surface area (Å²) in [7, 11) is -6.51. The molecule has 3 aromatic carbocycles. The highest BCUT2D eigenvalue weighted by molar-refractivity contribution is 7.91. The summed E-state index contributed by atoms with van der Waals surface area (Å²) in [4.78, 5) is 0.173. The molecule has 122 valence electrons. The van der Waals surface area contributed by atoms with Gasteiger partial charge in [0.1, 0.15) is 0 Å². The summed E-state index contributed by atoms with van der Waals surface area (Å²) in [5.74, 6) is 0. The average Bonchev–Trinajstić information content (AvgIpc) is 2.62. The van der Waals surface area contributed by atoms with Gasteiger partial charge in [-0.15, -0.1) is 0 Å².